The highest BCUT2D eigenvalue weighted by molar-refractivity contribution is 5.92. The summed E-state index contributed by atoms with van der Waals surface area (Å²) in [6.07, 6.45) is 11.5. The molecule has 312 valence electrons. The van der Waals surface area contributed by atoms with Crippen molar-refractivity contribution < 1.29 is 59.7 Å². The number of hydrogen-bond acceptors (Lipinski definition) is 11. The van der Waals surface area contributed by atoms with E-state index < -0.39 is 65.0 Å². The van der Waals surface area contributed by atoms with Gasteiger partial charge in [-0.3, -0.25) is 24.0 Å². The molecule has 0 bridgehead atoms. The van der Waals surface area contributed by atoms with Crippen molar-refractivity contribution in [2.24, 2.45) is 57.2 Å². The van der Waals surface area contributed by atoms with Gasteiger partial charge in [0.2, 0.25) is 0 Å². The van der Waals surface area contributed by atoms with Gasteiger partial charge in [-0.15, -0.1) is 0 Å². The lowest BCUT2D eigenvalue weighted by atomic mass is 9.45. The van der Waals surface area contributed by atoms with E-state index in [0.29, 0.717) is 38.5 Å². The van der Waals surface area contributed by atoms with Gasteiger partial charge in [-0.25, -0.2) is 0 Å². The van der Waals surface area contributed by atoms with Gasteiger partial charge >= 0.3 is 0 Å². The predicted molar refractivity (Wildman–Crippen MR) is 204 cm³/mol. The minimum atomic E-state index is -1.54. The van der Waals surface area contributed by atoms with Crippen LogP contribution in [0.5, 0.6) is 0 Å². The summed E-state index contributed by atoms with van der Waals surface area (Å²) in [5.41, 5.74) is -2.46. The minimum absolute atomic E-state index is 0.0697. The second kappa shape index (κ2) is 14.9. The Morgan fingerprint density at radius 3 is 1.29 bits per heavy atom. The third-order valence-electron chi connectivity index (χ3n) is 17.3. The molecule has 0 spiro atoms. The number of carbonyl (C=O) groups is 5. The van der Waals surface area contributed by atoms with Gasteiger partial charge in [-0.2, -0.15) is 0 Å². The molecule has 0 aliphatic heterocycles. The highest BCUT2D eigenvalue weighted by atomic mass is 16.4. The second-order valence-electron chi connectivity index (χ2n) is 19.6. The molecule has 0 amide bonds. The van der Waals surface area contributed by atoms with E-state index in [1.807, 2.05) is 13.8 Å². The molecule has 7 N–H and O–H groups in total. The van der Waals surface area contributed by atoms with Crippen LogP contribution in [0.15, 0.2) is 23.3 Å². The summed E-state index contributed by atoms with van der Waals surface area (Å²) in [6.45, 7) is 8.00. The van der Waals surface area contributed by atoms with Gasteiger partial charge in [-0.05, 0) is 136 Å². The molecule has 0 aromatic heterocycles. The lowest BCUT2D eigenvalue weighted by Gasteiger charge is -2.60. The van der Waals surface area contributed by atoms with Crippen LogP contribution in [-0.4, -0.2) is 101 Å². The first-order chi connectivity index (χ1) is 26.1. The maximum absolute atomic E-state index is 12.4. The summed E-state index contributed by atoms with van der Waals surface area (Å²) in [6, 6.07) is 0. The quantitative estimate of drug-likeness (QED) is 0.217. The Morgan fingerprint density at radius 2 is 0.964 bits per heavy atom. The molecule has 0 heterocycles. The number of hydrogen-bond donors (Lipinski definition) is 7. The van der Waals surface area contributed by atoms with Crippen LogP contribution in [0.3, 0.4) is 0 Å². The number of aliphatic hydroxyl groups excluding tert-OH is 4. The first kappa shape index (κ1) is 43.0. The van der Waals surface area contributed by atoms with E-state index in [1.165, 1.54) is 11.1 Å². The molecule has 6 saturated carbocycles. The molecule has 0 aromatic rings. The highest BCUT2D eigenvalue weighted by Gasteiger charge is 2.69. The summed E-state index contributed by atoms with van der Waals surface area (Å²) in [5.74, 6) is -0.553. The number of aliphatic carboxylic acids is 1. The average molecular weight is 785 g/mol. The maximum atomic E-state index is 12.4. The molecule has 0 radical (unpaired) electrons. The fraction of sp³-hybridized carbons (Fsp3) is 0.795. The standard InChI is InChI=1S/2C21H30O5.C2H4O2/c2*1-19-7-5-13(23)9-12(19)3-4-14-15-6-8-21(26,17(25)11-22)20(15,2)10-16(24)18(14)19;1-2(3)4/h2*9,14-16,18,22,24,26H,3-8,10-11H2,1-2H3;1H3,(H,3,4)/t2*14-,15-,16-,18+,19-,20-,21-;/m00./s1. The van der Waals surface area contributed by atoms with Crippen LogP contribution >= 0.6 is 0 Å². The number of Topliss-reactive ketones (excluding diaryl/α,β-unsaturated/α-hetero) is 2. The fourth-order valence-electron chi connectivity index (χ4n) is 14.6. The summed E-state index contributed by atoms with van der Waals surface area (Å²) >= 11 is 0. The molecule has 8 aliphatic carbocycles. The molecule has 14 atom stereocenters. The summed E-state index contributed by atoms with van der Waals surface area (Å²) < 4.78 is 0. The molecule has 8 rings (SSSR count). The van der Waals surface area contributed by atoms with Crippen molar-refractivity contribution in [1.29, 1.82) is 0 Å². The second-order valence-corrected chi connectivity index (χ2v) is 19.6. The van der Waals surface area contributed by atoms with Crippen molar-refractivity contribution in [3.63, 3.8) is 0 Å². The lowest BCUT2D eigenvalue weighted by Crippen LogP contribution is -2.62. The van der Waals surface area contributed by atoms with E-state index in [2.05, 4.69) is 13.8 Å². The number of fused-ring (bicyclic) bond motifs is 10. The smallest absolute Gasteiger partial charge is 0.300 e. The predicted octanol–water partition coefficient (Wildman–Crippen LogP) is 3.65. The molecule has 56 heavy (non-hydrogen) atoms. The Hall–Kier alpha value is -2.61. The third kappa shape index (κ3) is 6.35. The summed E-state index contributed by atoms with van der Waals surface area (Å²) in [7, 11) is 0. The zero-order valence-corrected chi connectivity index (χ0v) is 33.8. The molecule has 0 unspecified atom stereocenters. The van der Waals surface area contributed by atoms with Crippen LogP contribution < -0.4 is 0 Å². The normalized spacial score (nSPS) is 47.3. The number of rotatable bonds is 4. The number of ketones is 4. The van der Waals surface area contributed by atoms with Crippen LogP contribution in [0.1, 0.15) is 125 Å². The van der Waals surface area contributed by atoms with Gasteiger partial charge < -0.3 is 35.7 Å². The van der Waals surface area contributed by atoms with Crippen molar-refractivity contribution in [3.05, 3.63) is 23.3 Å². The van der Waals surface area contributed by atoms with Crippen LogP contribution in [0.25, 0.3) is 0 Å². The first-order valence-electron chi connectivity index (χ1n) is 20.8. The number of allylic oxidation sites excluding steroid dienone is 2. The van der Waals surface area contributed by atoms with E-state index >= 15 is 0 Å². The number of aliphatic hydroxyl groups is 6. The Balaban J connectivity index is 0.000000174. The zero-order chi connectivity index (χ0) is 41.4. The monoisotopic (exact) mass is 784 g/mol. The summed E-state index contributed by atoms with van der Waals surface area (Å²) in [5, 5.41) is 70.9. The van der Waals surface area contributed by atoms with Gasteiger partial charge in [0.15, 0.2) is 23.1 Å². The SMILES string of the molecule is CC(=O)O.C[C@]12CCC(=O)C=C1CC[C@@H]1[C@@H]2[C@@H](O)C[C@@]2(C)[C@H]1CC[C@]2(O)C(=O)CO.C[C@]12CCC(=O)C=C1CC[C@@H]1[C@@H]2[C@@H](O)C[C@@]2(C)[C@H]1CC[C@]2(O)C(=O)CO. The van der Waals surface area contributed by atoms with Crippen LogP contribution in [-0.2, 0) is 24.0 Å². The molecule has 12 heteroatoms. The van der Waals surface area contributed by atoms with Crippen LogP contribution in [0, 0.1) is 57.2 Å². The van der Waals surface area contributed by atoms with E-state index in [0.717, 1.165) is 58.3 Å². The minimum Gasteiger partial charge on any atom is -0.481 e. The molecule has 8 aliphatic rings. The Kier molecular flexibility index (Phi) is 11.4. The van der Waals surface area contributed by atoms with Crippen molar-refractivity contribution in [2.75, 3.05) is 13.2 Å². The molecule has 0 aromatic carbocycles. The van der Waals surface area contributed by atoms with Crippen molar-refractivity contribution in [1.82, 2.24) is 0 Å². The Morgan fingerprint density at radius 1 is 0.625 bits per heavy atom. The molecule has 6 fully saturated rings. The van der Waals surface area contributed by atoms with Crippen molar-refractivity contribution in [3.8, 4) is 0 Å². The molecular formula is C44H64O12. The largest absolute Gasteiger partial charge is 0.481 e. The van der Waals surface area contributed by atoms with Gasteiger partial charge in [0, 0.05) is 30.6 Å². The Labute approximate surface area is 329 Å². The van der Waals surface area contributed by atoms with Crippen LogP contribution in [0.4, 0.5) is 0 Å². The zero-order valence-electron chi connectivity index (χ0n) is 33.8. The number of carboxylic acid groups (broad SMARTS) is 1. The van der Waals surface area contributed by atoms with Gasteiger partial charge in [-0.1, -0.05) is 38.8 Å². The molecule has 12 nitrogen and oxygen atoms in total. The van der Waals surface area contributed by atoms with Gasteiger partial charge in [0.05, 0.1) is 12.2 Å². The number of carboxylic acids is 1. The lowest BCUT2D eigenvalue weighted by molar-refractivity contribution is -0.182. The van der Waals surface area contributed by atoms with Crippen molar-refractivity contribution >= 4 is 29.1 Å². The first-order valence-corrected chi connectivity index (χ1v) is 20.8. The Bertz CT molecular complexity index is 1580. The van der Waals surface area contributed by atoms with Crippen LogP contribution in [0.2, 0.25) is 0 Å². The van der Waals surface area contributed by atoms with E-state index in [1.54, 1.807) is 12.2 Å². The van der Waals surface area contributed by atoms with Gasteiger partial charge in [0.25, 0.3) is 5.97 Å². The maximum Gasteiger partial charge on any atom is 0.300 e. The third-order valence-corrected chi connectivity index (χ3v) is 17.3. The molecular weight excluding hydrogens is 720 g/mol. The molecule has 0 saturated heterocycles. The van der Waals surface area contributed by atoms with E-state index in [9.17, 15) is 49.8 Å². The van der Waals surface area contributed by atoms with E-state index in [4.69, 9.17) is 9.90 Å². The average Bonchev–Trinajstić information content (AvgIpc) is 3.56. The van der Waals surface area contributed by atoms with Gasteiger partial charge in [0.1, 0.15) is 24.4 Å². The highest BCUT2D eigenvalue weighted by Crippen LogP contribution is 2.69. The fourth-order valence-corrected chi connectivity index (χ4v) is 14.6. The summed E-state index contributed by atoms with van der Waals surface area (Å²) in [4.78, 5) is 57.5. The topological polar surface area (TPSA) is 227 Å². The number of carbonyl (C=O) groups excluding carboxylic acids is 4. The van der Waals surface area contributed by atoms with Crippen molar-refractivity contribution in [2.45, 2.75) is 148 Å². The van der Waals surface area contributed by atoms with E-state index in [-0.39, 0.29) is 57.9 Å².